The van der Waals surface area contributed by atoms with Gasteiger partial charge in [0, 0.05) is 25.9 Å². The highest BCUT2D eigenvalue weighted by molar-refractivity contribution is 5.79. The van der Waals surface area contributed by atoms with Crippen LogP contribution in [0.15, 0.2) is 12.4 Å². The van der Waals surface area contributed by atoms with E-state index in [9.17, 15) is 9.90 Å². The minimum atomic E-state index is -1.05. The van der Waals surface area contributed by atoms with Gasteiger partial charge in [-0.1, -0.05) is 0 Å². The van der Waals surface area contributed by atoms with Gasteiger partial charge >= 0.3 is 5.97 Å². The van der Waals surface area contributed by atoms with Gasteiger partial charge in [-0.05, 0) is 6.92 Å². The van der Waals surface area contributed by atoms with E-state index >= 15 is 0 Å². The Morgan fingerprint density at radius 3 is 2.75 bits per heavy atom. The Labute approximate surface area is 115 Å². The van der Waals surface area contributed by atoms with E-state index in [0.29, 0.717) is 22.6 Å². The van der Waals surface area contributed by atoms with E-state index in [2.05, 4.69) is 15.5 Å². The molecule has 0 fully saturated rings. The second kappa shape index (κ2) is 5.05. The Morgan fingerprint density at radius 2 is 2.25 bits per heavy atom. The Bertz CT molecular complexity index is 693. The third-order valence-corrected chi connectivity index (χ3v) is 2.92. The molecule has 0 aromatic carbocycles. The zero-order chi connectivity index (χ0) is 14.9. The van der Waals surface area contributed by atoms with Crippen LogP contribution in [0.4, 0.5) is 5.82 Å². The number of carboxylic acids is 1. The molecule has 104 valence electrons. The first-order chi connectivity index (χ1) is 9.43. The summed E-state index contributed by atoms with van der Waals surface area (Å²) in [5, 5.41) is 29.4. The molecule has 8 nitrogen and oxygen atoms in total. The van der Waals surface area contributed by atoms with Crippen molar-refractivity contribution in [3.63, 3.8) is 0 Å². The molecule has 2 N–H and O–H groups in total. The lowest BCUT2D eigenvalue weighted by molar-refractivity contribution is -0.138. The van der Waals surface area contributed by atoms with Crippen LogP contribution in [0.2, 0.25) is 0 Å². The van der Waals surface area contributed by atoms with Gasteiger partial charge in [0.25, 0.3) is 0 Å². The van der Waals surface area contributed by atoms with Gasteiger partial charge < -0.3 is 10.4 Å². The lowest BCUT2D eigenvalue weighted by atomic mass is 10.1. The maximum absolute atomic E-state index is 11.4. The van der Waals surface area contributed by atoms with Crippen molar-refractivity contribution in [2.24, 2.45) is 14.1 Å². The molecule has 0 spiro atoms. The molecular weight excluding hydrogens is 260 g/mol. The molecule has 20 heavy (non-hydrogen) atoms. The smallest absolute Gasteiger partial charge is 0.330 e. The van der Waals surface area contributed by atoms with Crippen molar-refractivity contribution in [2.45, 2.75) is 13.0 Å². The monoisotopic (exact) mass is 274 g/mol. The number of hydrogen-bond acceptors (Lipinski definition) is 5. The van der Waals surface area contributed by atoms with Gasteiger partial charge in [-0.2, -0.15) is 15.5 Å². The predicted octanol–water partition coefficient (Wildman–Crippen LogP) is 0.571. The quantitative estimate of drug-likeness (QED) is 0.843. The first-order valence-corrected chi connectivity index (χ1v) is 5.85. The maximum Gasteiger partial charge on any atom is 0.330 e. The van der Waals surface area contributed by atoms with Crippen LogP contribution in [0.25, 0.3) is 0 Å². The second-order valence-electron chi connectivity index (χ2n) is 4.41. The second-order valence-corrected chi connectivity index (χ2v) is 4.41. The first-order valence-electron chi connectivity index (χ1n) is 5.85. The normalized spacial score (nSPS) is 11.9. The molecule has 0 aliphatic heterocycles. The number of carbonyl (C=O) groups is 1. The summed E-state index contributed by atoms with van der Waals surface area (Å²) in [6.45, 7) is 1.70. The van der Waals surface area contributed by atoms with Gasteiger partial charge in [0.15, 0.2) is 6.04 Å². The van der Waals surface area contributed by atoms with Gasteiger partial charge in [-0.15, -0.1) is 0 Å². The third kappa shape index (κ3) is 2.33. The number of aromatic nitrogens is 4. The fraction of sp³-hybridized carbons (Fsp3) is 0.333. The number of nitriles is 1. The molecule has 0 saturated carbocycles. The SMILES string of the molecule is Cc1nn(C)c(NC(C(=O)O)c2cnn(C)c2)c1C#N. The molecular formula is C12H14N6O2. The predicted molar refractivity (Wildman–Crippen MR) is 69.9 cm³/mol. The fourth-order valence-electron chi connectivity index (χ4n) is 1.97. The number of hydrogen-bond donors (Lipinski definition) is 2. The Morgan fingerprint density at radius 1 is 1.55 bits per heavy atom. The van der Waals surface area contributed by atoms with Crippen molar-refractivity contribution >= 4 is 11.8 Å². The van der Waals surface area contributed by atoms with Gasteiger partial charge in [0.2, 0.25) is 0 Å². The first kappa shape index (κ1) is 13.6. The molecule has 0 aliphatic rings. The summed E-state index contributed by atoms with van der Waals surface area (Å²) in [5.74, 6) is -0.679. The highest BCUT2D eigenvalue weighted by atomic mass is 16.4. The Kier molecular flexibility index (Phi) is 3.43. The number of carboxylic acid groups (broad SMARTS) is 1. The van der Waals surface area contributed by atoms with Crippen molar-refractivity contribution in [3.8, 4) is 6.07 Å². The lowest BCUT2D eigenvalue weighted by Gasteiger charge is -2.14. The summed E-state index contributed by atoms with van der Waals surface area (Å²) in [6, 6.07) is 1.03. The maximum atomic E-state index is 11.4. The molecule has 2 heterocycles. The number of rotatable bonds is 4. The molecule has 2 rings (SSSR count). The number of aryl methyl sites for hydroxylation is 3. The van der Waals surface area contributed by atoms with Crippen LogP contribution in [0.3, 0.4) is 0 Å². The van der Waals surface area contributed by atoms with Crippen LogP contribution >= 0.6 is 0 Å². The van der Waals surface area contributed by atoms with Crippen LogP contribution in [0, 0.1) is 18.3 Å². The molecule has 0 aliphatic carbocycles. The van der Waals surface area contributed by atoms with Crippen molar-refractivity contribution < 1.29 is 9.90 Å². The molecule has 8 heteroatoms. The van der Waals surface area contributed by atoms with Crippen molar-refractivity contribution in [3.05, 3.63) is 29.2 Å². The highest BCUT2D eigenvalue weighted by Crippen LogP contribution is 2.23. The lowest BCUT2D eigenvalue weighted by Crippen LogP contribution is -2.22. The summed E-state index contributed by atoms with van der Waals surface area (Å²) in [6.07, 6.45) is 3.09. The van der Waals surface area contributed by atoms with Crippen LogP contribution < -0.4 is 5.32 Å². The van der Waals surface area contributed by atoms with Crippen LogP contribution in [-0.2, 0) is 18.9 Å². The standard InChI is InChI=1S/C12H14N6O2/c1-7-9(4-13)11(18(3)16-7)15-10(12(19)20)8-5-14-17(2)6-8/h5-6,10,15H,1-3H3,(H,19,20). The van der Waals surface area contributed by atoms with E-state index in [0.717, 1.165) is 0 Å². The Balaban J connectivity index is 2.40. The van der Waals surface area contributed by atoms with E-state index in [1.165, 1.54) is 15.6 Å². The largest absolute Gasteiger partial charge is 0.479 e. The zero-order valence-corrected chi connectivity index (χ0v) is 11.3. The van der Waals surface area contributed by atoms with Crippen molar-refractivity contribution in [1.82, 2.24) is 19.6 Å². The molecule has 0 radical (unpaired) electrons. The molecule has 0 bridgehead atoms. The van der Waals surface area contributed by atoms with E-state index in [4.69, 9.17) is 5.26 Å². The topological polar surface area (TPSA) is 109 Å². The van der Waals surface area contributed by atoms with Gasteiger partial charge in [-0.25, -0.2) is 4.79 Å². The van der Waals surface area contributed by atoms with E-state index in [1.54, 1.807) is 27.2 Å². The minimum absolute atomic E-state index is 0.336. The number of nitrogens with zero attached hydrogens (tertiary/aromatic N) is 5. The highest BCUT2D eigenvalue weighted by Gasteiger charge is 2.24. The minimum Gasteiger partial charge on any atom is -0.479 e. The van der Waals surface area contributed by atoms with Gasteiger partial charge in [0.05, 0.1) is 11.9 Å². The van der Waals surface area contributed by atoms with E-state index in [-0.39, 0.29) is 0 Å². The fourth-order valence-corrected chi connectivity index (χ4v) is 1.97. The summed E-state index contributed by atoms with van der Waals surface area (Å²) in [5.41, 5.74) is 1.39. The summed E-state index contributed by atoms with van der Waals surface area (Å²) in [7, 11) is 3.36. The summed E-state index contributed by atoms with van der Waals surface area (Å²) in [4.78, 5) is 11.4. The van der Waals surface area contributed by atoms with Gasteiger partial charge in [-0.3, -0.25) is 9.36 Å². The molecule has 1 atom stereocenters. The van der Waals surface area contributed by atoms with Gasteiger partial charge in [0.1, 0.15) is 17.5 Å². The van der Waals surface area contributed by atoms with E-state index < -0.39 is 12.0 Å². The summed E-state index contributed by atoms with van der Waals surface area (Å²) >= 11 is 0. The number of aliphatic carboxylic acids is 1. The van der Waals surface area contributed by atoms with Crippen molar-refractivity contribution in [2.75, 3.05) is 5.32 Å². The third-order valence-electron chi connectivity index (χ3n) is 2.92. The van der Waals surface area contributed by atoms with Crippen molar-refractivity contribution in [1.29, 1.82) is 5.26 Å². The Hall–Kier alpha value is -2.82. The van der Waals surface area contributed by atoms with Crippen LogP contribution in [-0.4, -0.2) is 30.6 Å². The average molecular weight is 274 g/mol. The van der Waals surface area contributed by atoms with E-state index in [1.807, 2.05) is 6.07 Å². The zero-order valence-electron chi connectivity index (χ0n) is 11.3. The molecule has 2 aromatic rings. The molecule has 1 unspecified atom stereocenters. The summed E-state index contributed by atoms with van der Waals surface area (Å²) < 4.78 is 2.98. The van der Waals surface area contributed by atoms with Crippen LogP contribution in [0.5, 0.6) is 0 Å². The molecule has 0 saturated heterocycles. The number of anilines is 1. The van der Waals surface area contributed by atoms with Crippen LogP contribution in [0.1, 0.15) is 22.9 Å². The molecule has 2 aromatic heterocycles. The number of nitrogens with one attached hydrogen (secondary N) is 1. The average Bonchev–Trinajstić information content (AvgIpc) is 2.90. The molecule has 0 amide bonds.